The molecule has 0 saturated carbocycles. The van der Waals surface area contributed by atoms with E-state index in [0.29, 0.717) is 6.42 Å². The summed E-state index contributed by atoms with van der Waals surface area (Å²) in [4.78, 5) is 0. The van der Waals surface area contributed by atoms with Crippen LogP contribution >= 0.6 is 0 Å². The molecular weight excluding hydrogens is 193 g/mol. The highest BCUT2D eigenvalue weighted by molar-refractivity contribution is 5.17. The molecular formula is C12H18FNO. The van der Waals surface area contributed by atoms with Gasteiger partial charge in [0.1, 0.15) is 5.82 Å². The van der Waals surface area contributed by atoms with Gasteiger partial charge in [0.25, 0.3) is 0 Å². The van der Waals surface area contributed by atoms with Crippen LogP contribution in [0.2, 0.25) is 0 Å². The van der Waals surface area contributed by atoms with E-state index < -0.39 is 6.10 Å². The van der Waals surface area contributed by atoms with Gasteiger partial charge >= 0.3 is 0 Å². The average Bonchev–Trinajstić information content (AvgIpc) is 2.22. The first-order chi connectivity index (χ1) is 7.13. The van der Waals surface area contributed by atoms with Crippen molar-refractivity contribution in [3.8, 4) is 0 Å². The monoisotopic (exact) mass is 211 g/mol. The highest BCUT2D eigenvalue weighted by Gasteiger charge is 2.14. The van der Waals surface area contributed by atoms with Crippen LogP contribution < -0.4 is 5.73 Å². The molecule has 1 aromatic carbocycles. The highest BCUT2D eigenvalue weighted by atomic mass is 19.1. The summed E-state index contributed by atoms with van der Waals surface area (Å²) in [6.07, 6.45) is 1.71. The van der Waals surface area contributed by atoms with Crippen molar-refractivity contribution in [1.29, 1.82) is 0 Å². The predicted octanol–water partition coefficient (Wildman–Crippen LogP) is 1.86. The smallest absolute Gasteiger partial charge is 0.123 e. The molecule has 2 nitrogen and oxygen atoms in total. The molecule has 0 bridgehead atoms. The zero-order valence-corrected chi connectivity index (χ0v) is 8.99. The molecule has 3 heteroatoms. The van der Waals surface area contributed by atoms with Crippen molar-refractivity contribution < 1.29 is 9.50 Å². The first kappa shape index (κ1) is 12.1. The summed E-state index contributed by atoms with van der Waals surface area (Å²) >= 11 is 0. The number of hydrogen-bond donors (Lipinski definition) is 2. The molecule has 0 spiro atoms. The van der Waals surface area contributed by atoms with Crippen molar-refractivity contribution in [3.63, 3.8) is 0 Å². The van der Waals surface area contributed by atoms with Crippen molar-refractivity contribution in [3.05, 3.63) is 35.6 Å². The van der Waals surface area contributed by atoms with Gasteiger partial charge in [-0.05, 0) is 30.5 Å². The molecule has 0 amide bonds. The van der Waals surface area contributed by atoms with E-state index in [-0.39, 0.29) is 11.9 Å². The van der Waals surface area contributed by atoms with E-state index in [2.05, 4.69) is 0 Å². The lowest BCUT2D eigenvalue weighted by Crippen LogP contribution is -2.35. The number of nitrogens with two attached hydrogens (primary N) is 1. The number of rotatable bonds is 5. The van der Waals surface area contributed by atoms with Gasteiger partial charge in [-0.3, -0.25) is 0 Å². The second-order valence-corrected chi connectivity index (χ2v) is 3.85. The van der Waals surface area contributed by atoms with E-state index in [0.717, 1.165) is 18.4 Å². The van der Waals surface area contributed by atoms with E-state index in [4.69, 9.17) is 5.73 Å². The Hall–Kier alpha value is -0.930. The molecule has 0 aliphatic rings. The van der Waals surface area contributed by atoms with Crippen molar-refractivity contribution in [2.45, 2.75) is 38.3 Å². The third-order valence-electron chi connectivity index (χ3n) is 2.47. The Kier molecular flexibility index (Phi) is 4.72. The summed E-state index contributed by atoms with van der Waals surface area (Å²) in [5, 5.41) is 9.75. The Morgan fingerprint density at radius 3 is 2.47 bits per heavy atom. The lowest BCUT2D eigenvalue weighted by atomic mass is 10.00. The van der Waals surface area contributed by atoms with E-state index in [1.807, 2.05) is 6.92 Å². The zero-order chi connectivity index (χ0) is 11.3. The SMILES string of the molecule is CCCC(N)C(O)Cc1ccc(F)cc1. The molecule has 0 radical (unpaired) electrons. The maximum Gasteiger partial charge on any atom is 0.123 e. The molecule has 0 heterocycles. The number of halogens is 1. The van der Waals surface area contributed by atoms with E-state index in [1.165, 1.54) is 12.1 Å². The minimum Gasteiger partial charge on any atom is -0.391 e. The first-order valence-corrected chi connectivity index (χ1v) is 5.31. The lowest BCUT2D eigenvalue weighted by Gasteiger charge is -2.18. The minimum absolute atomic E-state index is 0.194. The average molecular weight is 211 g/mol. The van der Waals surface area contributed by atoms with Gasteiger partial charge in [0.15, 0.2) is 0 Å². The van der Waals surface area contributed by atoms with Gasteiger partial charge in [-0.2, -0.15) is 0 Å². The summed E-state index contributed by atoms with van der Waals surface area (Å²) in [5.41, 5.74) is 6.69. The molecule has 0 aromatic heterocycles. The van der Waals surface area contributed by atoms with Gasteiger partial charge in [0.05, 0.1) is 6.10 Å². The molecule has 1 aromatic rings. The molecule has 3 N–H and O–H groups in total. The molecule has 0 aliphatic carbocycles. The molecule has 0 saturated heterocycles. The summed E-state index contributed by atoms with van der Waals surface area (Å²) in [6.45, 7) is 2.03. The van der Waals surface area contributed by atoms with Gasteiger partial charge in [-0.1, -0.05) is 25.5 Å². The predicted molar refractivity (Wildman–Crippen MR) is 59.0 cm³/mol. The fourth-order valence-electron chi connectivity index (χ4n) is 1.54. The van der Waals surface area contributed by atoms with Crippen molar-refractivity contribution in [2.24, 2.45) is 5.73 Å². The van der Waals surface area contributed by atoms with Crippen LogP contribution in [0.15, 0.2) is 24.3 Å². The lowest BCUT2D eigenvalue weighted by molar-refractivity contribution is 0.140. The summed E-state index contributed by atoms with van der Waals surface area (Å²) in [6, 6.07) is 5.95. The van der Waals surface area contributed by atoms with Gasteiger partial charge in [0.2, 0.25) is 0 Å². The highest BCUT2D eigenvalue weighted by Crippen LogP contribution is 2.09. The molecule has 2 unspecified atom stereocenters. The Bertz CT molecular complexity index is 286. The second kappa shape index (κ2) is 5.83. The van der Waals surface area contributed by atoms with Gasteiger partial charge in [-0.25, -0.2) is 4.39 Å². The molecule has 0 aliphatic heterocycles. The number of hydrogen-bond acceptors (Lipinski definition) is 2. The minimum atomic E-state index is -0.546. The summed E-state index contributed by atoms with van der Waals surface area (Å²) in [5.74, 6) is -0.258. The number of aliphatic hydroxyl groups is 1. The van der Waals surface area contributed by atoms with E-state index in [1.54, 1.807) is 12.1 Å². The van der Waals surface area contributed by atoms with E-state index >= 15 is 0 Å². The van der Waals surface area contributed by atoms with Crippen LogP contribution in [0, 0.1) is 5.82 Å². The fourth-order valence-corrected chi connectivity index (χ4v) is 1.54. The number of benzene rings is 1. The van der Waals surface area contributed by atoms with Crippen LogP contribution in [0.1, 0.15) is 25.3 Å². The third kappa shape index (κ3) is 3.98. The van der Waals surface area contributed by atoms with Gasteiger partial charge in [-0.15, -0.1) is 0 Å². The molecule has 84 valence electrons. The fraction of sp³-hybridized carbons (Fsp3) is 0.500. The Morgan fingerprint density at radius 1 is 1.33 bits per heavy atom. The largest absolute Gasteiger partial charge is 0.391 e. The quantitative estimate of drug-likeness (QED) is 0.780. The second-order valence-electron chi connectivity index (χ2n) is 3.85. The van der Waals surface area contributed by atoms with Crippen molar-refractivity contribution in [2.75, 3.05) is 0 Å². The molecule has 15 heavy (non-hydrogen) atoms. The summed E-state index contributed by atoms with van der Waals surface area (Å²) < 4.78 is 12.6. The molecule has 2 atom stereocenters. The molecule has 0 fully saturated rings. The maximum atomic E-state index is 12.6. The van der Waals surface area contributed by atoms with Gasteiger partial charge < -0.3 is 10.8 Å². The molecule has 1 rings (SSSR count). The van der Waals surface area contributed by atoms with Crippen LogP contribution in [0.25, 0.3) is 0 Å². The standard InChI is InChI=1S/C12H18FNO/c1-2-3-11(14)12(15)8-9-4-6-10(13)7-5-9/h4-7,11-12,15H,2-3,8,14H2,1H3. The van der Waals surface area contributed by atoms with Crippen LogP contribution in [0.3, 0.4) is 0 Å². The Labute approximate surface area is 89.9 Å². The zero-order valence-electron chi connectivity index (χ0n) is 8.99. The van der Waals surface area contributed by atoms with Crippen LogP contribution in [0.4, 0.5) is 4.39 Å². The normalized spacial score (nSPS) is 14.9. The van der Waals surface area contributed by atoms with E-state index in [9.17, 15) is 9.50 Å². The first-order valence-electron chi connectivity index (χ1n) is 5.31. The third-order valence-corrected chi connectivity index (χ3v) is 2.47. The Balaban J connectivity index is 2.50. The number of aliphatic hydroxyl groups excluding tert-OH is 1. The van der Waals surface area contributed by atoms with Crippen LogP contribution in [-0.2, 0) is 6.42 Å². The Morgan fingerprint density at radius 2 is 1.93 bits per heavy atom. The topological polar surface area (TPSA) is 46.2 Å². The summed E-state index contributed by atoms with van der Waals surface area (Å²) in [7, 11) is 0. The van der Waals surface area contributed by atoms with Crippen molar-refractivity contribution >= 4 is 0 Å². The van der Waals surface area contributed by atoms with Crippen LogP contribution in [0.5, 0.6) is 0 Å². The van der Waals surface area contributed by atoms with Crippen LogP contribution in [-0.4, -0.2) is 17.3 Å². The van der Waals surface area contributed by atoms with Gasteiger partial charge in [0, 0.05) is 6.04 Å². The maximum absolute atomic E-state index is 12.6. The van der Waals surface area contributed by atoms with Crippen molar-refractivity contribution in [1.82, 2.24) is 0 Å².